The maximum Gasteiger partial charge on any atom is 0.211 e. The minimum Gasteiger partial charge on any atom is -0.329 e. The maximum absolute atomic E-state index is 10.4. The van der Waals surface area contributed by atoms with E-state index in [4.69, 9.17) is 0 Å². The number of nitrogens with one attached hydrogen (secondary N) is 1. The summed E-state index contributed by atoms with van der Waals surface area (Å²) >= 11 is 1.65. The highest BCUT2D eigenvalue weighted by molar-refractivity contribution is 8.16. The van der Waals surface area contributed by atoms with Crippen molar-refractivity contribution in [2.45, 2.75) is 6.04 Å². The molecule has 1 atom stereocenters. The van der Waals surface area contributed by atoms with Crippen LogP contribution >= 0.6 is 11.8 Å². The van der Waals surface area contributed by atoms with Crippen LogP contribution in [0.3, 0.4) is 0 Å². The molecule has 2 aliphatic rings. The number of hydrogen-bond acceptors (Lipinski definition) is 4. The van der Waals surface area contributed by atoms with Gasteiger partial charge in [0.2, 0.25) is 6.41 Å². The number of anilines is 1. The average Bonchev–Trinajstić information content (AvgIpc) is 2.89. The molecule has 1 amide bonds. The number of rotatable bonds is 3. The molecule has 2 aliphatic heterocycles. The molecule has 0 aromatic heterocycles. The fraction of sp³-hybridized carbons (Fsp3) is 0.167. The van der Waals surface area contributed by atoms with Crippen molar-refractivity contribution in [2.75, 3.05) is 11.9 Å². The van der Waals surface area contributed by atoms with Gasteiger partial charge in [0.15, 0.2) is 5.17 Å². The van der Waals surface area contributed by atoms with Gasteiger partial charge in [-0.2, -0.15) is 0 Å². The first-order chi connectivity index (χ1) is 8.36. The predicted molar refractivity (Wildman–Crippen MR) is 69.7 cm³/mol. The lowest BCUT2D eigenvalue weighted by Crippen LogP contribution is -2.16. The van der Waals surface area contributed by atoms with E-state index < -0.39 is 0 Å². The predicted octanol–water partition coefficient (Wildman–Crippen LogP) is 2.19. The van der Waals surface area contributed by atoms with Crippen molar-refractivity contribution < 1.29 is 4.79 Å². The van der Waals surface area contributed by atoms with E-state index in [0.29, 0.717) is 6.41 Å². The van der Waals surface area contributed by atoms with Gasteiger partial charge in [0.25, 0.3) is 0 Å². The van der Waals surface area contributed by atoms with Crippen molar-refractivity contribution in [2.24, 2.45) is 4.99 Å². The van der Waals surface area contributed by atoms with Crippen molar-refractivity contribution in [3.05, 3.63) is 41.4 Å². The second kappa shape index (κ2) is 4.25. The number of hydrogen-bond donors (Lipinski definition) is 1. The van der Waals surface area contributed by atoms with Crippen LogP contribution in [0.25, 0.3) is 0 Å². The number of carbonyl (C=O) groups excluding carboxylic acids is 1. The highest BCUT2D eigenvalue weighted by atomic mass is 32.2. The zero-order valence-corrected chi connectivity index (χ0v) is 9.85. The van der Waals surface area contributed by atoms with Gasteiger partial charge in [0.1, 0.15) is 0 Å². The fourth-order valence-electron chi connectivity index (χ4n) is 1.98. The Labute approximate surface area is 103 Å². The molecule has 17 heavy (non-hydrogen) atoms. The molecule has 1 unspecified atom stereocenters. The maximum atomic E-state index is 10.4. The molecule has 1 aromatic rings. The third kappa shape index (κ3) is 1.93. The molecule has 86 valence electrons. The lowest BCUT2D eigenvalue weighted by atomic mass is 10.1. The van der Waals surface area contributed by atoms with Crippen LogP contribution in [0, 0.1) is 0 Å². The van der Waals surface area contributed by atoms with E-state index in [1.54, 1.807) is 11.8 Å². The van der Waals surface area contributed by atoms with Crippen LogP contribution in [0.4, 0.5) is 5.69 Å². The van der Waals surface area contributed by atoms with Crippen LogP contribution in [0.15, 0.2) is 40.9 Å². The Morgan fingerprint density at radius 1 is 1.53 bits per heavy atom. The Bertz CT molecular complexity index is 512. The Morgan fingerprint density at radius 3 is 3.29 bits per heavy atom. The van der Waals surface area contributed by atoms with Crippen molar-refractivity contribution in [1.82, 2.24) is 4.90 Å². The lowest BCUT2D eigenvalue weighted by molar-refractivity contribution is -0.105. The molecule has 4 nitrogen and oxygen atoms in total. The van der Waals surface area contributed by atoms with E-state index >= 15 is 0 Å². The summed E-state index contributed by atoms with van der Waals surface area (Å²) in [5.74, 6) is 0. The first-order valence-electron chi connectivity index (χ1n) is 5.35. The number of amidine groups is 1. The first kappa shape index (κ1) is 10.4. The van der Waals surface area contributed by atoms with Crippen molar-refractivity contribution in [3.8, 4) is 0 Å². The smallest absolute Gasteiger partial charge is 0.211 e. The van der Waals surface area contributed by atoms with Crippen LogP contribution in [0.1, 0.15) is 11.6 Å². The van der Waals surface area contributed by atoms with Crippen molar-refractivity contribution >= 4 is 29.0 Å². The van der Waals surface area contributed by atoms with E-state index in [-0.39, 0.29) is 6.04 Å². The van der Waals surface area contributed by atoms with Crippen LogP contribution in [0.5, 0.6) is 0 Å². The minimum absolute atomic E-state index is 0.163. The van der Waals surface area contributed by atoms with E-state index in [1.165, 1.54) is 0 Å². The molecule has 1 aromatic carbocycles. The number of aliphatic imine (C=N–C) groups is 1. The zero-order valence-electron chi connectivity index (χ0n) is 9.04. The van der Waals surface area contributed by atoms with Gasteiger partial charge in [-0.3, -0.25) is 9.79 Å². The average molecular weight is 245 g/mol. The third-order valence-corrected chi connectivity index (χ3v) is 3.60. The normalized spacial score (nSPS) is 21.3. The molecule has 5 heteroatoms. The van der Waals surface area contributed by atoms with E-state index in [2.05, 4.69) is 21.4 Å². The van der Waals surface area contributed by atoms with Gasteiger partial charge >= 0.3 is 0 Å². The second-order valence-electron chi connectivity index (χ2n) is 3.87. The molecule has 3 rings (SSSR count). The summed E-state index contributed by atoms with van der Waals surface area (Å²) in [5, 5.41) is 5.76. The number of carbonyl (C=O) groups is 1. The third-order valence-electron chi connectivity index (χ3n) is 2.79. The van der Waals surface area contributed by atoms with Crippen LogP contribution < -0.4 is 5.32 Å². The fourth-order valence-corrected chi connectivity index (χ4v) is 2.77. The molecular formula is C12H11N3OS. The standard InChI is InChI=1S/C12H11N3OS/c16-8-13-10-3-1-2-9(6-10)11-7-15-4-5-17-12(15)14-11/h1-6,8,11H,7H2,(H,13,16). The summed E-state index contributed by atoms with van der Waals surface area (Å²) in [6.45, 7) is 0.878. The van der Waals surface area contributed by atoms with Gasteiger partial charge < -0.3 is 10.2 Å². The monoisotopic (exact) mass is 245 g/mol. The van der Waals surface area contributed by atoms with E-state index in [1.807, 2.05) is 29.7 Å². The van der Waals surface area contributed by atoms with E-state index in [0.717, 1.165) is 23.0 Å². The highest BCUT2D eigenvalue weighted by Crippen LogP contribution is 2.33. The molecule has 0 fully saturated rings. The molecule has 1 N–H and O–H groups in total. The number of benzene rings is 1. The van der Waals surface area contributed by atoms with Gasteiger partial charge in [0, 0.05) is 11.9 Å². The van der Waals surface area contributed by atoms with Crippen LogP contribution in [0.2, 0.25) is 0 Å². The number of nitrogens with zero attached hydrogens (tertiary/aromatic N) is 2. The Kier molecular flexibility index (Phi) is 2.60. The zero-order chi connectivity index (χ0) is 11.7. The Hall–Kier alpha value is -1.75. The summed E-state index contributed by atoms with van der Waals surface area (Å²) in [6, 6.07) is 7.99. The molecule has 0 radical (unpaired) electrons. The lowest BCUT2D eigenvalue weighted by Gasteiger charge is -2.11. The molecule has 0 bridgehead atoms. The van der Waals surface area contributed by atoms with Crippen LogP contribution in [-0.2, 0) is 4.79 Å². The highest BCUT2D eigenvalue weighted by Gasteiger charge is 2.27. The summed E-state index contributed by atoms with van der Waals surface area (Å²) in [6.07, 6.45) is 2.74. The van der Waals surface area contributed by atoms with Gasteiger partial charge in [0.05, 0.1) is 12.6 Å². The quantitative estimate of drug-likeness (QED) is 0.830. The molecular weight excluding hydrogens is 234 g/mol. The second-order valence-corrected chi connectivity index (χ2v) is 4.74. The molecule has 0 saturated carbocycles. The number of fused-ring (bicyclic) bond motifs is 1. The summed E-state index contributed by atoms with van der Waals surface area (Å²) in [5.41, 5.74) is 1.95. The SMILES string of the molecule is O=CNc1cccc(C2CN3C=CSC3=N2)c1. The van der Waals surface area contributed by atoms with Crippen LogP contribution in [-0.4, -0.2) is 23.0 Å². The molecule has 0 aliphatic carbocycles. The summed E-state index contributed by atoms with van der Waals surface area (Å²) in [7, 11) is 0. The summed E-state index contributed by atoms with van der Waals surface area (Å²) in [4.78, 5) is 17.2. The van der Waals surface area contributed by atoms with Crippen molar-refractivity contribution in [3.63, 3.8) is 0 Å². The molecule has 0 saturated heterocycles. The Morgan fingerprint density at radius 2 is 2.47 bits per heavy atom. The molecule has 0 spiro atoms. The summed E-state index contributed by atoms with van der Waals surface area (Å²) < 4.78 is 0. The van der Waals surface area contributed by atoms with Gasteiger partial charge in [-0.15, -0.1) is 0 Å². The first-order valence-corrected chi connectivity index (χ1v) is 6.23. The van der Waals surface area contributed by atoms with E-state index in [9.17, 15) is 4.79 Å². The Balaban J connectivity index is 1.83. The minimum atomic E-state index is 0.163. The molecule has 2 heterocycles. The van der Waals surface area contributed by atoms with Gasteiger partial charge in [-0.25, -0.2) is 0 Å². The van der Waals surface area contributed by atoms with Crippen molar-refractivity contribution in [1.29, 1.82) is 0 Å². The number of amides is 1. The largest absolute Gasteiger partial charge is 0.329 e. The topological polar surface area (TPSA) is 44.7 Å². The number of thioether (sulfide) groups is 1. The van der Waals surface area contributed by atoms with Gasteiger partial charge in [-0.1, -0.05) is 23.9 Å². The van der Waals surface area contributed by atoms with Gasteiger partial charge in [-0.05, 0) is 23.1 Å².